The smallest absolute Gasteiger partial charge is 0.252 e. The summed E-state index contributed by atoms with van der Waals surface area (Å²) in [6.45, 7) is 2.07. The number of hydrogen-bond acceptors (Lipinski definition) is 4. The van der Waals surface area contributed by atoms with Crippen LogP contribution in [-0.2, 0) is 16.6 Å². The first-order valence-corrected chi connectivity index (χ1v) is 8.16. The van der Waals surface area contributed by atoms with Gasteiger partial charge < -0.3 is 0 Å². The van der Waals surface area contributed by atoms with Gasteiger partial charge in [-0.2, -0.15) is 4.31 Å². The molecule has 0 aliphatic heterocycles. The van der Waals surface area contributed by atoms with Gasteiger partial charge in [0.2, 0.25) is 0 Å². The molecule has 0 bridgehead atoms. The van der Waals surface area contributed by atoms with Gasteiger partial charge in [0.15, 0.2) is 0 Å². The summed E-state index contributed by atoms with van der Waals surface area (Å²) < 4.78 is 26.8. The van der Waals surface area contributed by atoms with Gasteiger partial charge in [0.05, 0.1) is 4.34 Å². The summed E-state index contributed by atoms with van der Waals surface area (Å²) in [5.41, 5.74) is 1.62. The van der Waals surface area contributed by atoms with Crippen LogP contribution in [0.25, 0.3) is 0 Å². The monoisotopic (exact) mass is 316 g/mol. The molecule has 102 valence electrons. The van der Waals surface area contributed by atoms with Crippen LogP contribution < -0.4 is 0 Å². The first-order chi connectivity index (χ1) is 8.91. The molecular formula is C12H13ClN2O2S2. The molecule has 0 radical (unpaired) electrons. The summed E-state index contributed by atoms with van der Waals surface area (Å²) in [5.74, 6) is 0. The minimum absolute atomic E-state index is 0.265. The van der Waals surface area contributed by atoms with Gasteiger partial charge in [-0.25, -0.2) is 8.42 Å². The standard InChI is InChI=1S/C12H13ClN2O2S2/c1-9-6-11(18-12(9)13)19(16,17)15(2)8-10-4-3-5-14-7-10/h3-7H,8H2,1-2H3. The van der Waals surface area contributed by atoms with Gasteiger partial charge in [0.25, 0.3) is 10.0 Å². The van der Waals surface area contributed by atoms with Crippen molar-refractivity contribution in [2.24, 2.45) is 0 Å². The molecule has 2 aromatic heterocycles. The maximum absolute atomic E-state index is 12.4. The van der Waals surface area contributed by atoms with E-state index in [-0.39, 0.29) is 10.8 Å². The number of pyridine rings is 1. The van der Waals surface area contributed by atoms with Crippen molar-refractivity contribution in [3.63, 3.8) is 0 Å². The van der Waals surface area contributed by atoms with Crippen LogP contribution in [0.3, 0.4) is 0 Å². The zero-order valence-electron chi connectivity index (χ0n) is 10.5. The number of aryl methyl sites for hydroxylation is 1. The van der Waals surface area contributed by atoms with Gasteiger partial charge in [0, 0.05) is 26.0 Å². The van der Waals surface area contributed by atoms with E-state index >= 15 is 0 Å². The van der Waals surface area contributed by atoms with Crippen LogP contribution in [0.15, 0.2) is 34.8 Å². The molecule has 0 aliphatic carbocycles. The van der Waals surface area contributed by atoms with Crippen molar-refractivity contribution in [3.8, 4) is 0 Å². The van der Waals surface area contributed by atoms with E-state index in [1.165, 1.54) is 4.31 Å². The lowest BCUT2D eigenvalue weighted by Crippen LogP contribution is -2.25. The molecule has 7 heteroatoms. The van der Waals surface area contributed by atoms with Crippen molar-refractivity contribution in [1.29, 1.82) is 0 Å². The Kier molecular flexibility index (Phi) is 4.25. The maximum Gasteiger partial charge on any atom is 0.252 e. The molecule has 0 aliphatic rings. The Balaban J connectivity index is 2.25. The van der Waals surface area contributed by atoms with Gasteiger partial charge in [0.1, 0.15) is 4.21 Å². The number of nitrogens with zero attached hydrogens (tertiary/aromatic N) is 2. The topological polar surface area (TPSA) is 50.3 Å². The van der Waals surface area contributed by atoms with Gasteiger partial charge >= 0.3 is 0 Å². The maximum atomic E-state index is 12.4. The van der Waals surface area contributed by atoms with Crippen LogP contribution in [0.5, 0.6) is 0 Å². The Labute approximate surface area is 121 Å². The third kappa shape index (κ3) is 3.14. The molecule has 2 aromatic rings. The second-order valence-electron chi connectivity index (χ2n) is 4.14. The average Bonchev–Trinajstić information content (AvgIpc) is 2.71. The zero-order chi connectivity index (χ0) is 14.0. The van der Waals surface area contributed by atoms with Crippen LogP contribution in [0.1, 0.15) is 11.1 Å². The van der Waals surface area contributed by atoms with Crippen molar-refractivity contribution in [2.75, 3.05) is 7.05 Å². The average molecular weight is 317 g/mol. The Morgan fingerprint density at radius 3 is 2.74 bits per heavy atom. The largest absolute Gasteiger partial charge is 0.264 e. The summed E-state index contributed by atoms with van der Waals surface area (Å²) in [6, 6.07) is 5.22. The van der Waals surface area contributed by atoms with Crippen LogP contribution in [-0.4, -0.2) is 24.8 Å². The van der Waals surface area contributed by atoms with E-state index in [1.807, 2.05) is 6.07 Å². The number of sulfonamides is 1. The molecule has 0 atom stereocenters. The van der Waals surface area contributed by atoms with Crippen molar-refractivity contribution in [1.82, 2.24) is 9.29 Å². The normalized spacial score (nSPS) is 12.0. The highest BCUT2D eigenvalue weighted by atomic mass is 35.5. The lowest BCUT2D eigenvalue weighted by atomic mass is 10.3. The van der Waals surface area contributed by atoms with Gasteiger partial charge in [-0.15, -0.1) is 11.3 Å². The molecule has 0 spiro atoms. The Morgan fingerprint density at radius 1 is 1.47 bits per heavy atom. The van der Waals surface area contributed by atoms with E-state index in [0.29, 0.717) is 4.34 Å². The highest BCUT2D eigenvalue weighted by Crippen LogP contribution is 2.31. The predicted octanol–water partition coefficient (Wildman–Crippen LogP) is 2.93. The van der Waals surface area contributed by atoms with Crippen LogP contribution >= 0.6 is 22.9 Å². The van der Waals surface area contributed by atoms with Crippen LogP contribution in [0.4, 0.5) is 0 Å². The number of rotatable bonds is 4. The van der Waals surface area contributed by atoms with Gasteiger partial charge in [-0.05, 0) is 30.2 Å². The lowest BCUT2D eigenvalue weighted by molar-refractivity contribution is 0.468. The van der Waals surface area contributed by atoms with Gasteiger partial charge in [-0.1, -0.05) is 17.7 Å². The van der Waals surface area contributed by atoms with Crippen molar-refractivity contribution in [2.45, 2.75) is 17.7 Å². The summed E-state index contributed by atoms with van der Waals surface area (Å²) >= 11 is 7.01. The number of halogens is 1. The Bertz CT molecular complexity index is 649. The first kappa shape index (κ1) is 14.5. The highest BCUT2D eigenvalue weighted by molar-refractivity contribution is 7.91. The minimum atomic E-state index is -3.50. The molecule has 0 fully saturated rings. The van der Waals surface area contributed by atoms with Crippen molar-refractivity contribution in [3.05, 3.63) is 46.1 Å². The molecule has 0 aromatic carbocycles. The molecule has 0 saturated heterocycles. The SMILES string of the molecule is Cc1cc(S(=O)(=O)N(C)Cc2cccnc2)sc1Cl. The molecule has 2 rings (SSSR count). The number of aromatic nitrogens is 1. The van der Waals surface area contributed by atoms with E-state index in [0.717, 1.165) is 22.5 Å². The third-order valence-electron chi connectivity index (χ3n) is 2.63. The summed E-state index contributed by atoms with van der Waals surface area (Å²) in [6.07, 6.45) is 3.30. The van der Waals surface area contributed by atoms with E-state index < -0.39 is 10.0 Å². The van der Waals surface area contributed by atoms with E-state index in [1.54, 1.807) is 38.5 Å². The van der Waals surface area contributed by atoms with Crippen LogP contribution in [0.2, 0.25) is 4.34 Å². The molecule has 0 saturated carbocycles. The fourth-order valence-electron chi connectivity index (χ4n) is 1.55. The molecule has 0 N–H and O–H groups in total. The fourth-order valence-corrected chi connectivity index (χ4v) is 4.62. The second kappa shape index (κ2) is 5.58. The Morgan fingerprint density at radius 2 is 2.21 bits per heavy atom. The number of thiophene rings is 1. The summed E-state index contributed by atoms with van der Waals surface area (Å²) in [7, 11) is -1.95. The zero-order valence-corrected chi connectivity index (χ0v) is 12.9. The molecule has 0 amide bonds. The van der Waals surface area contributed by atoms with Gasteiger partial charge in [-0.3, -0.25) is 4.98 Å². The van der Waals surface area contributed by atoms with E-state index in [9.17, 15) is 8.42 Å². The predicted molar refractivity (Wildman–Crippen MR) is 77.0 cm³/mol. The Hall–Kier alpha value is -0.950. The lowest BCUT2D eigenvalue weighted by Gasteiger charge is -2.15. The highest BCUT2D eigenvalue weighted by Gasteiger charge is 2.23. The first-order valence-electron chi connectivity index (χ1n) is 5.52. The molecule has 19 heavy (non-hydrogen) atoms. The number of hydrogen-bond donors (Lipinski definition) is 0. The molecular weight excluding hydrogens is 304 g/mol. The van der Waals surface area contributed by atoms with Crippen molar-refractivity contribution < 1.29 is 8.42 Å². The fraction of sp³-hybridized carbons (Fsp3) is 0.250. The van der Waals surface area contributed by atoms with E-state index in [4.69, 9.17) is 11.6 Å². The van der Waals surface area contributed by atoms with Crippen molar-refractivity contribution >= 4 is 33.0 Å². The quantitative estimate of drug-likeness (QED) is 0.871. The molecule has 4 nitrogen and oxygen atoms in total. The summed E-state index contributed by atoms with van der Waals surface area (Å²) in [5, 5.41) is 0. The minimum Gasteiger partial charge on any atom is -0.264 e. The van der Waals surface area contributed by atoms with Crippen LogP contribution in [0, 0.1) is 6.92 Å². The molecule has 0 unspecified atom stereocenters. The summed E-state index contributed by atoms with van der Waals surface area (Å²) in [4.78, 5) is 3.97. The molecule has 2 heterocycles. The van der Waals surface area contributed by atoms with E-state index in [2.05, 4.69) is 4.98 Å². The third-order valence-corrected chi connectivity index (χ3v) is 6.43. The second-order valence-corrected chi connectivity index (χ2v) is 8.07.